The van der Waals surface area contributed by atoms with E-state index in [1.54, 1.807) is 0 Å². The second-order valence-corrected chi connectivity index (χ2v) is 6.43. The summed E-state index contributed by atoms with van der Waals surface area (Å²) in [4.78, 5) is 44.8. The number of nitrogens with zero attached hydrogens (tertiary/aromatic N) is 2. The molecule has 0 saturated heterocycles. The van der Waals surface area contributed by atoms with Crippen molar-refractivity contribution in [2.75, 3.05) is 0 Å². The fourth-order valence-corrected chi connectivity index (χ4v) is 3.01. The molecule has 1 aliphatic carbocycles. The van der Waals surface area contributed by atoms with E-state index in [9.17, 15) is 29.8 Å². The van der Waals surface area contributed by atoms with E-state index in [1.165, 1.54) is 48.5 Å². The van der Waals surface area contributed by atoms with Gasteiger partial charge in [0.05, 0.1) is 21.0 Å². The zero-order chi connectivity index (χ0) is 21.0. The second-order valence-electron chi connectivity index (χ2n) is 6.43. The third kappa shape index (κ3) is 4.72. The zero-order valence-electron chi connectivity index (χ0n) is 15.1. The number of nitro benzene ring substituents is 2. The van der Waals surface area contributed by atoms with E-state index in [-0.39, 0.29) is 22.5 Å². The number of ether oxygens (including phenoxy) is 2. The standard InChI is InChI=1S/C19H16N2O8/c22-18(12-4-8-14(9-5-12)20(24)25)28-16-2-1-3-17(16)29-19(23)13-6-10-15(11-7-13)21(26)27/h4-11,16-17H,1-3H2/t16-,17+. The third-order valence-corrected chi connectivity index (χ3v) is 4.54. The first-order chi connectivity index (χ1) is 13.8. The van der Waals surface area contributed by atoms with Crippen molar-refractivity contribution in [1.82, 2.24) is 0 Å². The predicted octanol–water partition coefficient (Wildman–Crippen LogP) is 3.44. The van der Waals surface area contributed by atoms with Crippen LogP contribution in [-0.2, 0) is 9.47 Å². The minimum Gasteiger partial charge on any atom is -0.455 e. The van der Waals surface area contributed by atoms with Crippen LogP contribution in [0.25, 0.3) is 0 Å². The molecule has 0 bridgehead atoms. The molecule has 10 heteroatoms. The van der Waals surface area contributed by atoms with Crippen molar-refractivity contribution in [3.63, 3.8) is 0 Å². The topological polar surface area (TPSA) is 139 Å². The van der Waals surface area contributed by atoms with Crippen molar-refractivity contribution in [3.8, 4) is 0 Å². The Bertz CT molecular complexity index is 862. The summed E-state index contributed by atoms with van der Waals surface area (Å²) in [5, 5.41) is 21.4. The van der Waals surface area contributed by atoms with Gasteiger partial charge in [-0.3, -0.25) is 20.2 Å². The molecule has 150 valence electrons. The molecule has 0 spiro atoms. The minimum absolute atomic E-state index is 0.141. The maximum absolute atomic E-state index is 12.3. The fourth-order valence-electron chi connectivity index (χ4n) is 3.01. The summed E-state index contributed by atoms with van der Waals surface area (Å²) in [5.41, 5.74) is 0.0283. The first kappa shape index (κ1) is 19.9. The number of carbonyl (C=O) groups is 2. The lowest BCUT2D eigenvalue weighted by Crippen LogP contribution is -2.30. The lowest BCUT2D eigenvalue weighted by atomic mass is 10.2. The molecule has 29 heavy (non-hydrogen) atoms. The largest absolute Gasteiger partial charge is 0.455 e. The molecule has 0 amide bonds. The number of non-ortho nitro benzene ring substituents is 2. The van der Waals surface area contributed by atoms with E-state index >= 15 is 0 Å². The second kappa shape index (κ2) is 8.46. The first-order valence-corrected chi connectivity index (χ1v) is 8.76. The minimum atomic E-state index is -0.664. The highest BCUT2D eigenvalue weighted by molar-refractivity contribution is 5.90. The highest BCUT2D eigenvalue weighted by atomic mass is 16.6. The molecule has 1 saturated carbocycles. The number of nitro groups is 2. The van der Waals surface area contributed by atoms with Crippen molar-refractivity contribution in [3.05, 3.63) is 79.9 Å². The number of benzene rings is 2. The smallest absolute Gasteiger partial charge is 0.338 e. The van der Waals surface area contributed by atoms with Crippen LogP contribution in [0.2, 0.25) is 0 Å². The van der Waals surface area contributed by atoms with Gasteiger partial charge < -0.3 is 9.47 Å². The van der Waals surface area contributed by atoms with Gasteiger partial charge in [0.2, 0.25) is 0 Å². The highest BCUT2D eigenvalue weighted by Crippen LogP contribution is 2.27. The number of carbonyl (C=O) groups excluding carboxylic acids is 2. The van der Waals surface area contributed by atoms with Gasteiger partial charge in [-0.1, -0.05) is 0 Å². The molecule has 0 aliphatic heterocycles. The van der Waals surface area contributed by atoms with Crippen LogP contribution in [0, 0.1) is 20.2 Å². The van der Waals surface area contributed by atoms with E-state index in [4.69, 9.17) is 9.47 Å². The van der Waals surface area contributed by atoms with E-state index in [1.807, 2.05) is 0 Å². The average Bonchev–Trinajstić information content (AvgIpc) is 3.14. The molecule has 2 aromatic carbocycles. The van der Waals surface area contributed by atoms with Crippen molar-refractivity contribution in [2.45, 2.75) is 31.5 Å². The predicted molar refractivity (Wildman–Crippen MR) is 98.5 cm³/mol. The summed E-state index contributed by atoms with van der Waals surface area (Å²) in [6, 6.07) is 10.0. The molecule has 2 aromatic rings. The Morgan fingerprint density at radius 3 is 1.38 bits per heavy atom. The van der Waals surface area contributed by atoms with E-state index < -0.39 is 34.0 Å². The SMILES string of the molecule is O=C(O[C@H]1CCC[C@H]1OC(=O)c1ccc([N+](=O)[O-])cc1)c1ccc([N+](=O)[O-])cc1. The van der Waals surface area contributed by atoms with Crippen molar-refractivity contribution < 1.29 is 28.9 Å². The van der Waals surface area contributed by atoms with Crippen LogP contribution in [0.4, 0.5) is 11.4 Å². The third-order valence-electron chi connectivity index (χ3n) is 4.54. The van der Waals surface area contributed by atoms with Gasteiger partial charge >= 0.3 is 11.9 Å². The average molecular weight is 400 g/mol. The van der Waals surface area contributed by atoms with Gasteiger partial charge in [-0.25, -0.2) is 9.59 Å². The van der Waals surface area contributed by atoms with Gasteiger partial charge in [-0.05, 0) is 43.5 Å². The summed E-state index contributed by atoms with van der Waals surface area (Å²) in [5.74, 6) is -1.33. The first-order valence-electron chi connectivity index (χ1n) is 8.76. The zero-order valence-corrected chi connectivity index (χ0v) is 15.1. The molecule has 10 nitrogen and oxygen atoms in total. The maximum atomic E-state index is 12.3. The quantitative estimate of drug-likeness (QED) is 0.408. The van der Waals surface area contributed by atoms with Crippen LogP contribution in [-0.4, -0.2) is 34.0 Å². The van der Waals surface area contributed by atoms with Crippen LogP contribution in [0.1, 0.15) is 40.0 Å². The number of rotatable bonds is 6. The van der Waals surface area contributed by atoms with Gasteiger partial charge in [0, 0.05) is 24.3 Å². The molecule has 3 rings (SSSR count). The molecular formula is C19H16N2O8. The summed E-state index contributed by atoms with van der Waals surface area (Å²) in [6.45, 7) is 0. The van der Waals surface area contributed by atoms with Crippen molar-refractivity contribution >= 4 is 23.3 Å². The Kier molecular flexibility index (Phi) is 5.82. The molecule has 0 aromatic heterocycles. The van der Waals surface area contributed by atoms with Crippen molar-refractivity contribution in [2.24, 2.45) is 0 Å². The lowest BCUT2D eigenvalue weighted by Gasteiger charge is -2.20. The van der Waals surface area contributed by atoms with E-state index in [0.717, 1.165) is 0 Å². The molecule has 1 aliphatic rings. The van der Waals surface area contributed by atoms with E-state index in [2.05, 4.69) is 0 Å². The number of hydrogen-bond donors (Lipinski definition) is 0. The number of hydrogen-bond acceptors (Lipinski definition) is 8. The molecule has 0 heterocycles. The highest BCUT2D eigenvalue weighted by Gasteiger charge is 2.34. The molecule has 1 fully saturated rings. The van der Waals surface area contributed by atoms with Crippen LogP contribution in [0.3, 0.4) is 0 Å². The Morgan fingerprint density at radius 2 is 1.07 bits per heavy atom. The van der Waals surface area contributed by atoms with Crippen LogP contribution in [0.15, 0.2) is 48.5 Å². The molecule has 0 N–H and O–H groups in total. The fraction of sp³-hybridized carbons (Fsp3) is 0.263. The van der Waals surface area contributed by atoms with Gasteiger partial charge in [0.15, 0.2) is 0 Å². The maximum Gasteiger partial charge on any atom is 0.338 e. The lowest BCUT2D eigenvalue weighted by molar-refractivity contribution is -0.385. The molecule has 0 unspecified atom stereocenters. The van der Waals surface area contributed by atoms with Gasteiger partial charge in [-0.2, -0.15) is 0 Å². The Labute approximate surface area is 164 Å². The molecule has 2 atom stereocenters. The normalized spacial score (nSPS) is 18.1. The van der Waals surface area contributed by atoms with Crippen LogP contribution in [0.5, 0.6) is 0 Å². The van der Waals surface area contributed by atoms with E-state index in [0.29, 0.717) is 19.3 Å². The van der Waals surface area contributed by atoms with Crippen LogP contribution < -0.4 is 0 Å². The van der Waals surface area contributed by atoms with Gasteiger partial charge in [-0.15, -0.1) is 0 Å². The van der Waals surface area contributed by atoms with Gasteiger partial charge in [0.1, 0.15) is 12.2 Å². The Morgan fingerprint density at radius 1 is 0.724 bits per heavy atom. The monoisotopic (exact) mass is 400 g/mol. The van der Waals surface area contributed by atoms with Gasteiger partial charge in [0.25, 0.3) is 11.4 Å². The summed E-state index contributed by atoms with van der Waals surface area (Å²) in [6.07, 6.45) is 0.434. The summed E-state index contributed by atoms with van der Waals surface area (Å²) in [7, 11) is 0. The van der Waals surface area contributed by atoms with Crippen molar-refractivity contribution in [1.29, 1.82) is 0 Å². The summed E-state index contributed by atoms with van der Waals surface area (Å²) >= 11 is 0. The summed E-state index contributed by atoms with van der Waals surface area (Å²) < 4.78 is 10.8. The Balaban J connectivity index is 1.61. The molecule has 0 radical (unpaired) electrons. The molecular weight excluding hydrogens is 384 g/mol. The number of esters is 2. The Hall–Kier alpha value is -3.82. The van der Waals surface area contributed by atoms with Crippen LogP contribution >= 0.6 is 0 Å².